The van der Waals surface area contributed by atoms with Crippen molar-refractivity contribution in [3.05, 3.63) is 83.0 Å². The van der Waals surface area contributed by atoms with Crippen molar-refractivity contribution >= 4 is 46.8 Å². The molecule has 3 aromatic rings. The Balaban J connectivity index is 0.715. The predicted octanol–water partition coefficient (Wildman–Crippen LogP) is 10.7. The Labute approximate surface area is 485 Å². The molecule has 2 aliphatic heterocycles. The number of hydrogen-bond donors (Lipinski definition) is 3. The van der Waals surface area contributed by atoms with Gasteiger partial charge in [-0.25, -0.2) is 4.98 Å². The second-order valence-electron chi connectivity index (χ2n) is 25.4. The number of aromatic nitrogens is 1. The highest BCUT2D eigenvalue weighted by Gasteiger charge is 2.61. The van der Waals surface area contributed by atoms with E-state index in [1.807, 2.05) is 93.6 Å². The van der Waals surface area contributed by atoms with E-state index in [1.165, 1.54) is 0 Å². The summed E-state index contributed by atoms with van der Waals surface area (Å²) in [4.78, 5) is 90.3. The van der Waals surface area contributed by atoms with Crippen molar-refractivity contribution in [1.29, 1.82) is 0 Å². The molecule has 81 heavy (non-hydrogen) atoms. The van der Waals surface area contributed by atoms with Crippen molar-refractivity contribution in [2.24, 2.45) is 39.9 Å². The van der Waals surface area contributed by atoms with Crippen LogP contribution in [-0.2, 0) is 51.4 Å². The van der Waals surface area contributed by atoms with E-state index in [0.29, 0.717) is 69.7 Å². The molecule has 442 valence electrons. The smallest absolute Gasteiger partial charge is 0.305 e. The number of nitrogens with zero attached hydrogens (tertiary/aromatic N) is 3. The minimum absolute atomic E-state index is 0.0129. The second-order valence-corrected chi connectivity index (χ2v) is 26.3. The molecule has 3 aliphatic carbocycles. The minimum Gasteiger partial charge on any atom is -0.497 e. The highest BCUT2D eigenvalue weighted by atomic mass is 32.1. The first-order valence-electron chi connectivity index (χ1n) is 30.4. The number of likely N-dealkylation sites (tertiary alicyclic amines) is 1. The van der Waals surface area contributed by atoms with E-state index in [9.17, 15) is 28.8 Å². The normalized spacial score (nSPS) is 26.1. The van der Waals surface area contributed by atoms with Crippen LogP contribution < -0.4 is 20.7 Å². The van der Waals surface area contributed by atoms with Crippen molar-refractivity contribution in [3.63, 3.8) is 0 Å². The number of aryl methyl sites for hydroxylation is 1. The highest BCUT2D eigenvalue weighted by Crippen LogP contribution is 2.65. The van der Waals surface area contributed by atoms with Crippen LogP contribution in [0.25, 0.3) is 10.4 Å². The molecule has 10 atom stereocenters. The largest absolute Gasteiger partial charge is 0.497 e. The number of esters is 1. The van der Waals surface area contributed by atoms with E-state index in [2.05, 4.69) is 40.9 Å². The van der Waals surface area contributed by atoms with Gasteiger partial charge in [0.1, 0.15) is 24.4 Å². The Bertz CT molecular complexity index is 2670. The van der Waals surface area contributed by atoms with Gasteiger partial charge in [-0.3, -0.25) is 28.8 Å². The van der Waals surface area contributed by atoms with Gasteiger partial charge < -0.3 is 40.0 Å². The predicted molar refractivity (Wildman–Crippen MR) is 316 cm³/mol. The molecule has 5 aliphatic rings. The van der Waals surface area contributed by atoms with Crippen LogP contribution >= 0.6 is 11.3 Å². The number of thiazole rings is 1. The zero-order valence-corrected chi connectivity index (χ0v) is 50.5. The van der Waals surface area contributed by atoms with Crippen molar-refractivity contribution in [1.82, 2.24) is 30.7 Å². The molecule has 0 bridgehead atoms. The molecular weight excluding hydrogens is 1040 g/mol. The Kier molecular flexibility index (Phi) is 21.0. The lowest BCUT2D eigenvalue weighted by Crippen LogP contribution is -2.59. The van der Waals surface area contributed by atoms with E-state index < -0.39 is 23.6 Å². The number of methoxy groups -OCH3 is 1. The molecule has 5 amide bonds. The maximum atomic E-state index is 14.6. The van der Waals surface area contributed by atoms with Crippen molar-refractivity contribution in [2.75, 3.05) is 33.4 Å². The molecule has 1 saturated heterocycles. The first kappa shape index (κ1) is 61.5. The van der Waals surface area contributed by atoms with Gasteiger partial charge >= 0.3 is 5.97 Å². The van der Waals surface area contributed by atoms with Gasteiger partial charge in [0, 0.05) is 56.3 Å². The van der Waals surface area contributed by atoms with E-state index in [4.69, 9.17) is 14.2 Å². The molecule has 15 nitrogen and oxygen atoms in total. The number of ether oxygens (including phenoxy) is 3. The molecule has 0 radical (unpaired) electrons. The average Bonchev–Trinajstić information content (AvgIpc) is 4.19. The summed E-state index contributed by atoms with van der Waals surface area (Å²) in [5, 5.41) is 9.40. The second kappa shape index (κ2) is 27.6. The number of carbonyl (C=O) groups excluding carboxylic acids is 6. The summed E-state index contributed by atoms with van der Waals surface area (Å²) < 4.78 is 17.3. The van der Waals surface area contributed by atoms with Crippen LogP contribution in [0.15, 0.2) is 66.2 Å². The lowest BCUT2D eigenvalue weighted by Gasteiger charge is -2.58. The number of carbonyl (C=O) groups is 6. The SMILES string of the molecule is CCN(CCOC(=O)CCCCCCCCCCC(=O)N[C@H](C(=O)N1C[C@H](OCc2ccc(OC)cc2)C[C@H]1C(=O)NCc1ccc(-c2scnc2C)cc1)C(C)(C)C)C(=O)[C@H]1CC[C@H]2[C@@H]3CC[C@H]4NC(=O)C=C[C@]4(C)[C@H]3CC[C@]12C. The Hall–Kier alpha value is -5.61. The van der Waals surface area contributed by atoms with Gasteiger partial charge in [-0.05, 0) is 129 Å². The lowest BCUT2D eigenvalue weighted by atomic mass is 9.48. The number of rotatable bonds is 26. The molecule has 3 saturated carbocycles. The summed E-state index contributed by atoms with van der Waals surface area (Å²) in [6.07, 6.45) is 18.1. The zero-order chi connectivity index (χ0) is 57.9. The molecule has 0 spiro atoms. The molecule has 4 fully saturated rings. The van der Waals surface area contributed by atoms with Crippen LogP contribution in [0.5, 0.6) is 5.75 Å². The molecule has 3 N–H and O–H groups in total. The van der Waals surface area contributed by atoms with Crippen LogP contribution in [0.1, 0.15) is 168 Å². The summed E-state index contributed by atoms with van der Waals surface area (Å²) in [7, 11) is 1.62. The van der Waals surface area contributed by atoms with Crippen molar-refractivity contribution < 1.29 is 43.0 Å². The summed E-state index contributed by atoms with van der Waals surface area (Å²) in [6, 6.07) is 14.2. The van der Waals surface area contributed by atoms with E-state index in [-0.39, 0.29) is 71.4 Å². The number of nitrogens with one attached hydrogen (secondary N) is 3. The first-order valence-corrected chi connectivity index (χ1v) is 31.3. The van der Waals surface area contributed by atoms with E-state index in [0.717, 1.165) is 116 Å². The summed E-state index contributed by atoms with van der Waals surface area (Å²) >= 11 is 1.59. The Morgan fingerprint density at radius 1 is 0.877 bits per heavy atom. The zero-order valence-electron chi connectivity index (χ0n) is 49.7. The van der Waals surface area contributed by atoms with Gasteiger partial charge in [0.2, 0.25) is 29.5 Å². The third kappa shape index (κ3) is 15.0. The van der Waals surface area contributed by atoms with E-state index in [1.54, 1.807) is 29.4 Å². The van der Waals surface area contributed by atoms with Crippen LogP contribution in [0.2, 0.25) is 0 Å². The average molecular weight is 1130 g/mol. The Morgan fingerprint density at radius 2 is 1.57 bits per heavy atom. The first-order chi connectivity index (χ1) is 38.8. The fourth-order valence-electron chi connectivity index (χ4n) is 14.4. The third-order valence-electron chi connectivity index (χ3n) is 19.2. The minimum atomic E-state index is -0.849. The molecule has 2 aromatic carbocycles. The van der Waals surface area contributed by atoms with Crippen LogP contribution in [0.4, 0.5) is 0 Å². The van der Waals surface area contributed by atoms with Crippen molar-refractivity contribution in [2.45, 2.75) is 195 Å². The molecule has 16 heteroatoms. The summed E-state index contributed by atoms with van der Waals surface area (Å²) in [5.74, 6) is 1.59. The fourth-order valence-corrected chi connectivity index (χ4v) is 15.2. The molecule has 1 aromatic heterocycles. The topological polar surface area (TPSA) is 186 Å². The van der Waals surface area contributed by atoms with Gasteiger partial charge in [0.05, 0.1) is 42.4 Å². The number of hydrogen-bond acceptors (Lipinski definition) is 11. The number of fused-ring (bicyclic) bond motifs is 5. The molecule has 3 heterocycles. The number of benzene rings is 2. The monoisotopic (exact) mass is 1130 g/mol. The lowest BCUT2D eigenvalue weighted by molar-refractivity contribution is -0.149. The maximum Gasteiger partial charge on any atom is 0.305 e. The van der Waals surface area contributed by atoms with Crippen LogP contribution in [0.3, 0.4) is 0 Å². The van der Waals surface area contributed by atoms with Gasteiger partial charge in [0.25, 0.3) is 0 Å². The third-order valence-corrected chi connectivity index (χ3v) is 20.2. The Morgan fingerprint density at radius 3 is 2.23 bits per heavy atom. The molecule has 0 unspecified atom stereocenters. The quantitative estimate of drug-likeness (QED) is 0.0516. The summed E-state index contributed by atoms with van der Waals surface area (Å²) in [6.45, 7) is 16.5. The number of unbranched alkanes of at least 4 members (excludes halogenated alkanes) is 7. The fraction of sp³-hybridized carbons (Fsp3) is 0.646. The summed E-state index contributed by atoms with van der Waals surface area (Å²) in [5.41, 5.74) is 5.07. The highest BCUT2D eigenvalue weighted by molar-refractivity contribution is 7.13. The van der Waals surface area contributed by atoms with Crippen LogP contribution in [-0.4, -0.2) is 108 Å². The number of likely N-dealkylation sites (N-methyl/N-ethyl adjacent to an activating group) is 1. The number of amides is 5. The molecular formula is C65H92N6O9S. The van der Waals surface area contributed by atoms with Gasteiger partial charge in [-0.2, -0.15) is 0 Å². The van der Waals surface area contributed by atoms with Gasteiger partial charge in [-0.15, -0.1) is 11.3 Å². The van der Waals surface area contributed by atoms with Gasteiger partial charge in [0.15, 0.2) is 0 Å². The van der Waals surface area contributed by atoms with Crippen molar-refractivity contribution in [3.8, 4) is 16.2 Å². The van der Waals surface area contributed by atoms with Gasteiger partial charge in [-0.1, -0.05) is 116 Å². The van der Waals surface area contributed by atoms with E-state index >= 15 is 0 Å². The maximum absolute atomic E-state index is 14.6. The standard InChI is InChI=1S/C65H92N6O9S/c1-9-70(61(76)52-30-29-50-49-28-31-54-65(7,35-33-56(73)68-54)51(49)32-34-64(50,52)6)36-37-79-57(74)19-17-15-13-11-10-12-14-16-18-55(72)69-59(63(3,4)5)62(77)71-40-48(80-41-45-22-26-47(78-8)27-23-45)38-53(71)60(75)66-39-44-20-24-46(25-21-44)58-43(2)67-42-81-58/h20-27,33,35,42,48-54,59H,9-19,28-32,34,36-41H2,1-8H3,(H,66,75)(H,68,73)(H,69,72)/t48-,49+,50+,51+,52-,53+,54-,59-,64+,65-/m1/s1. The molecule has 8 rings (SSSR count). The van der Waals surface area contributed by atoms with Crippen LogP contribution in [0, 0.1) is 46.8 Å².